The number of rotatable bonds is 5. The predicted molar refractivity (Wildman–Crippen MR) is 81.5 cm³/mol. The predicted octanol–water partition coefficient (Wildman–Crippen LogP) is 1.79. The third kappa shape index (κ3) is 4.36. The molecule has 0 saturated heterocycles. The van der Waals surface area contributed by atoms with Crippen molar-refractivity contribution in [3.8, 4) is 5.75 Å². The van der Waals surface area contributed by atoms with Gasteiger partial charge < -0.3 is 20.1 Å². The summed E-state index contributed by atoms with van der Waals surface area (Å²) in [5, 5.41) is 12.7. The minimum atomic E-state index is -0.895. The van der Waals surface area contributed by atoms with Gasteiger partial charge in [0.2, 0.25) is 0 Å². The summed E-state index contributed by atoms with van der Waals surface area (Å²) in [6.45, 7) is 6.62. The lowest BCUT2D eigenvalue weighted by Gasteiger charge is -2.28. The van der Waals surface area contributed by atoms with Crippen molar-refractivity contribution in [2.45, 2.75) is 38.9 Å². The van der Waals surface area contributed by atoms with Gasteiger partial charge in [0.15, 0.2) is 0 Å². The molecule has 2 N–H and O–H groups in total. The second-order valence-electron chi connectivity index (χ2n) is 6.06. The van der Waals surface area contributed by atoms with Gasteiger partial charge in [0.25, 0.3) is 0 Å². The molecule has 0 saturated carbocycles. The number of carbonyl (C=O) groups excluding carboxylic acids is 1. The maximum absolute atomic E-state index is 12.1. The van der Waals surface area contributed by atoms with E-state index < -0.39 is 5.60 Å². The molecule has 1 atom stereocenters. The lowest BCUT2D eigenvalue weighted by molar-refractivity contribution is 0.0476. The number of para-hydroxylation sites is 1. The summed E-state index contributed by atoms with van der Waals surface area (Å²) in [7, 11) is 0. The third-order valence-electron chi connectivity index (χ3n) is 3.44. The van der Waals surface area contributed by atoms with Gasteiger partial charge in [-0.15, -0.1) is 0 Å². The number of nitrogens with one attached hydrogen (secondary N) is 1. The monoisotopic (exact) mass is 292 g/mol. The van der Waals surface area contributed by atoms with Gasteiger partial charge in [-0.3, -0.25) is 0 Å². The van der Waals surface area contributed by atoms with Gasteiger partial charge in [0, 0.05) is 13.0 Å². The Morgan fingerprint density at radius 1 is 1.48 bits per heavy atom. The molecule has 5 heteroatoms. The minimum Gasteiger partial charge on any atom is -0.488 e. The van der Waals surface area contributed by atoms with Crippen molar-refractivity contribution in [2.24, 2.45) is 0 Å². The van der Waals surface area contributed by atoms with Crippen LogP contribution in [0.15, 0.2) is 24.3 Å². The van der Waals surface area contributed by atoms with Crippen molar-refractivity contribution < 1.29 is 14.6 Å². The van der Waals surface area contributed by atoms with E-state index in [9.17, 15) is 9.90 Å². The lowest BCUT2D eigenvalue weighted by Crippen LogP contribution is -2.48. The number of hydrogen-bond donors (Lipinski definition) is 2. The molecule has 1 aromatic rings. The number of nitrogens with zero attached hydrogens (tertiary/aromatic N) is 1. The summed E-state index contributed by atoms with van der Waals surface area (Å²) in [5.41, 5.74) is 0.286. The van der Waals surface area contributed by atoms with Crippen molar-refractivity contribution in [3.05, 3.63) is 29.8 Å². The number of aliphatic hydroxyl groups is 1. The van der Waals surface area contributed by atoms with Crippen LogP contribution in [0.1, 0.15) is 26.3 Å². The van der Waals surface area contributed by atoms with E-state index in [1.165, 1.54) is 5.56 Å². The molecule has 116 valence electrons. The molecule has 2 amide bonds. The second kappa shape index (κ2) is 6.35. The topological polar surface area (TPSA) is 61.8 Å². The summed E-state index contributed by atoms with van der Waals surface area (Å²) in [5.74, 6) is 0.903. The average molecular weight is 292 g/mol. The van der Waals surface area contributed by atoms with Crippen molar-refractivity contribution in [1.82, 2.24) is 10.2 Å². The number of benzene rings is 1. The fourth-order valence-corrected chi connectivity index (χ4v) is 2.48. The Bertz CT molecular complexity index is 472. The molecule has 0 radical (unpaired) electrons. The molecule has 1 aliphatic heterocycles. The first-order chi connectivity index (χ1) is 9.89. The van der Waals surface area contributed by atoms with Crippen LogP contribution in [0.4, 0.5) is 4.79 Å². The maximum atomic E-state index is 12.1. The van der Waals surface area contributed by atoms with Crippen molar-refractivity contribution in [3.63, 3.8) is 0 Å². The molecular weight excluding hydrogens is 268 g/mol. The van der Waals surface area contributed by atoms with Gasteiger partial charge >= 0.3 is 6.03 Å². The number of amides is 2. The normalized spacial score (nSPS) is 17.0. The van der Waals surface area contributed by atoms with Crippen molar-refractivity contribution >= 4 is 6.03 Å². The summed E-state index contributed by atoms with van der Waals surface area (Å²) >= 11 is 0. The van der Waals surface area contributed by atoms with E-state index in [4.69, 9.17) is 4.74 Å². The van der Waals surface area contributed by atoms with Crippen LogP contribution < -0.4 is 10.1 Å². The first-order valence-corrected chi connectivity index (χ1v) is 7.39. The van der Waals surface area contributed by atoms with Crippen LogP contribution in [0.5, 0.6) is 5.75 Å². The molecule has 1 aliphatic rings. The highest BCUT2D eigenvalue weighted by Gasteiger charge is 2.25. The summed E-state index contributed by atoms with van der Waals surface area (Å²) in [6.07, 6.45) is 0.792. The Kier molecular flexibility index (Phi) is 4.73. The molecule has 1 unspecified atom stereocenters. The molecule has 21 heavy (non-hydrogen) atoms. The Morgan fingerprint density at radius 3 is 2.81 bits per heavy atom. The van der Waals surface area contributed by atoms with Gasteiger partial charge in [0.05, 0.1) is 18.7 Å². The minimum absolute atomic E-state index is 0.0211. The summed E-state index contributed by atoms with van der Waals surface area (Å²) < 4.78 is 5.79. The number of carbonyl (C=O) groups is 1. The van der Waals surface area contributed by atoms with Crippen LogP contribution in [0.25, 0.3) is 0 Å². The van der Waals surface area contributed by atoms with Crippen LogP contribution >= 0.6 is 0 Å². The zero-order valence-corrected chi connectivity index (χ0v) is 12.9. The van der Waals surface area contributed by atoms with Crippen molar-refractivity contribution in [2.75, 3.05) is 19.6 Å². The van der Waals surface area contributed by atoms with Gasteiger partial charge in [-0.2, -0.15) is 0 Å². The van der Waals surface area contributed by atoms with Gasteiger partial charge in [-0.25, -0.2) is 4.79 Å². The van der Waals surface area contributed by atoms with E-state index in [0.29, 0.717) is 19.6 Å². The van der Waals surface area contributed by atoms with Crippen molar-refractivity contribution in [1.29, 1.82) is 0 Å². The smallest absolute Gasteiger partial charge is 0.317 e. The highest BCUT2D eigenvalue weighted by atomic mass is 16.5. The van der Waals surface area contributed by atoms with Crippen LogP contribution in [0.2, 0.25) is 0 Å². The Morgan fingerprint density at radius 2 is 2.19 bits per heavy atom. The zero-order valence-electron chi connectivity index (χ0n) is 12.9. The number of likely N-dealkylation sites (N-methyl/N-ethyl adjacent to an activating group) is 1. The molecule has 1 aromatic carbocycles. The molecule has 0 spiro atoms. The summed E-state index contributed by atoms with van der Waals surface area (Å²) in [6, 6.07) is 7.76. The quantitative estimate of drug-likeness (QED) is 0.870. The highest BCUT2D eigenvalue weighted by Crippen LogP contribution is 2.27. The van der Waals surface area contributed by atoms with Crippen LogP contribution in [0, 0.1) is 0 Å². The third-order valence-corrected chi connectivity index (χ3v) is 3.44. The molecule has 2 rings (SSSR count). The van der Waals surface area contributed by atoms with E-state index in [1.54, 1.807) is 18.7 Å². The largest absolute Gasteiger partial charge is 0.488 e. The van der Waals surface area contributed by atoms with E-state index in [-0.39, 0.29) is 12.1 Å². The van der Waals surface area contributed by atoms with Crippen LogP contribution in [-0.2, 0) is 6.42 Å². The lowest BCUT2D eigenvalue weighted by atomic mass is 10.1. The first kappa shape index (κ1) is 15.6. The fourth-order valence-electron chi connectivity index (χ4n) is 2.48. The van der Waals surface area contributed by atoms with Gasteiger partial charge in [-0.1, -0.05) is 18.2 Å². The number of urea groups is 1. The molecule has 0 aliphatic carbocycles. The number of hydrogen-bond acceptors (Lipinski definition) is 3. The van der Waals surface area contributed by atoms with Gasteiger partial charge in [-0.05, 0) is 32.4 Å². The van der Waals surface area contributed by atoms with Crippen LogP contribution in [0.3, 0.4) is 0 Å². The molecule has 5 nitrogen and oxygen atoms in total. The maximum Gasteiger partial charge on any atom is 0.317 e. The molecule has 0 bridgehead atoms. The van der Waals surface area contributed by atoms with E-state index in [1.807, 2.05) is 31.2 Å². The average Bonchev–Trinajstić information content (AvgIpc) is 2.84. The molecule has 1 heterocycles. The SMILES string of the molecule is CCN(CC(C)(C)O)C(=O)NCC1Cc2ccccc2O1. The standard InChI is InChI=1S/C16H24N2O3/c1-4-18(11-16(2,3)20)15(19)17-10-13-9-12-7-5-6-8-14(12)21-13/h5-8,13,20H,4,9-11H2,1-3H3,(H,17,19). The molecule has 0 fully saturated rings. The number of ether oxygens (including phenoxy) is 1. The van der Waals surface area contributed by atoms with E-state index >= 15 is 0 Å². The Hall–Kier alpha value is -1.75. The highest BCUT2D eigenvalue weighted by molar-refractivity contribution is 5.74. The fraction of sp³-hybridized carbons (Fsp3) is 0.562. The first-order valence-electron chi connectivity index (χ1n) is 7.39. The Labute approximate surface area is 125 Å². The van der Waals surface area contributed by atoms with Crippen LogP contribution in [-0.4, -0.2) is 47.4 Å². The second-order valence-corrected chi connectivity index (χ2v) is 6.06. The molecular formula is C16H24N2O3. The van der Waals surface area contributed by atoms with E-state index in [0.717, 1.165) is 12.2 Å². The zero-order chi connectivity index (χ0) is 15.5. The summed E-state index contributed by atoms with van der Waals surface area (Å²) in [4.78, 5) is 13.7. The van der Waals surface area contributed by atoms with E-state index in [2.05, 4.69) is 5.32 Å². The number of fused-ring (bicyclic) bond motifs is 1. The van der Waals surface area contributed by atoms with Gasteiger partial charge in [0.1, 0.15) is 11.9 Å². The Balaban J connectivity index is 1.82. The molecule has 0 aromatic heterocycles.